The fourth-order valence-corrected chi connectivity index (χ4v) is 3.48. The molecule has 92 valence electrons. The summed E-state index contributed by atoms with van der Waals surface area (Å²) in [6.07, 6.45) is 1.70. The maximum absolute atomic E-state index is 13.3. The van der Waals surface area contributed by atoms with Crippen molar-refractivity contribution < 1.29 is 9.50 Å². The standard InChI is InChI=1S/C13H17FN2O/c1-9-3-10(14)4-11(15-9)16-7-13(8-16)5-12(2,17)6-13/h3-4,17H,5-8H2,1-2H3. The van der Waals surface area contributed by atoms with Gasteiger partial charge in [0.1, 0.15) is 11.6 Å². The van der Waals surface area contributed by atoms with Crippen LogP contribution in [0.4, 0.5) is 10.2 Å². The molecule has 0 bridgehead atoms. The Kier molecular flexibility index (Phi) is 2.06. The summed E-state index contributed by atoms with van der Waals surface area (Å²) in [5.41, 5.74) is 0.476. The maximum atomic E-state index is 13.3. The molecule has 3 nitrogen and oxygen atoms in total. The molecular weight excluding hydrogens is 219 g/mol. The second-order valence-corrected chi connectivity index (χ2v) is 5.99. The van der Waals surface area contributed by atoms with Crippen molar-refractivity contribution in [2.24, 2.45) is 5.41 Å². The average Bonchev–Trinajstić information content (AvgIpc) is 2.07. The van der Waals surface area contributed by atoms with Crippen molar-refractivity contribution in [3.63, 3.8) is 0 Å². The van der Waals surface area contributed by atoms with Gasteiger partial charge in [-0.2, -0.15) is 0 Å². The van der Waals surface area contributed by atoms with E-state index < -0.39 is 5.60 Å². The van der Waals surface area contributed by atoms with Crippen LogP contribution in [0.5, 0.6) is 0 Å². The molecule has 2 aliphatic rings. The zero-order chi connectivity index (χ0) is 12.3. The third kappa shape index (κ3) is 1.80. The molecule has 0 unspecified atom stereocenters. The van der Waals surface area contributed by atoms with Crippen LogP contribution in [0.1, 0.15) is 25.5 Å². The highest BCUT2D eigenvalue weighted by atomic mass is 19.1. The predicted molar refractivity (Wildman–Crippen MR) is 63.4 cm³/mol. The summed E-state index contributed by atoms with van der Waals surface area (Å²) < 4.78 is 13.3. The highest BCUT2D eigenvalue weighted by Gasteiger charge is 2.57. The zero-order valence-electron chi connectivity index (χ0n) is 10.2. The van der Waals surface area contributed by atoms with Gasteiger partial charge in [0.15, 0.2) is 0 Å². The van der Waals surface area contributed by atoms with E-state index in [4.69, 9.17) is 0 Å². The quantitative estimate of drug-likeness (QED) is 0.808. The van der Waals surface area contributed by atoms with E-state index in [1.807, 2.05) is 6.92 Å². The van der Waals surface area contributed by atoms with Gasteiger partial charge in [-0.1, -0.05) is 0 Å². The van der Waals surface area contributed by atoms with Crippen LogP contribution in [0.25, 0.3) is 0 Å². The van der Waals surface area contributed by atoms with Gasteiger partial charge in [-0.15, -0.1) is 0 Å². The van der Waals surface area contributed by atoms with Gasteiger partial charge in [-0.25, -0.2) is 9.37 Å². The van der Waals surface area contributed by atoms with Gasteiger partial charge in [0.25, 0.3) is 0 Å². The minimum Gasteiger partial charge on any atom is -0.390 e. The maximum Gasteiger partial charge on any atom is 0.131 e. The van der Waals surface area contributed by atoms with Crippen LogP contribution in [0.15, 0.2) is 12.1 Å². The molecule has 4 heteroatoms. The molecule has 2 fully saturated rings. The van der Waals surface area contributed by atoms with Crippen LogP contribution in [0.2, 0.25) is 0 Å². The van der Waals surface area contributed by atoms with E-state index in [-0.39, 0.29) is 11.2 Å². The Morgan fingerprint density at radius 1 is 1.35 bits per heavy atom. The highest BCUT2D eigenvalue weighted by molar-refractivity contribution is 5.45. The number of aromatic nitrogens is 1. The molecule has 1 aromatic heterocycles. The SMILES string of the molecule is Cc1cc(F)cc(N2CC3(C2)CC(C)(O)C3)n1. The summed E-state index contributed by atoms with van der Waals surface area (Å²) >= 11 is 0. The van der Waals surface area contributed by atoms with E-state index in [1.54, 1.807) is 6.92 Å². The monoisotopic (exact) mass is 236 g/mol. The summed E-state index contributed by atoms with van der Waals surface area (Å²) in [7, 11) is 0. The summed E-state index contributed by atoms with van der Waals surface area (Å²) in [6.45, 7) is 5.46. The third-order valence-electron chi connectivity index (χ3n) is 3.79. The minimum atomic E-state index is -0.489. The summed E-state index contributed by atoms with van der Waals surface area (Å²) in [6, 6.07) is 2.92. The Balaban J connectivity index is 1.70. The summed E-state index contributed by atoms with van der Waals surface area (Å²) in [5.74, 6) is 0.494. The first-order valence-electron chi connectivity index (χ1n) is 5.99. The second kappa shape index (κ2) is 3.19. The third-order valence-corrected chi connectivity index (χ3v) is 3.79. The van der Waals surface area contributed by atoms with E-state index in [1.165, 1.54) is 12.1 Å². The van der Waals surface area contributed by atoms with Crippen LogP contribution in [0, 0.1) is 18.2 Å². The molecule has 1 saturated heterocycles. The van der Waals surface area contributed by atoms with Gasteiger partial charge < -0.3 is 10.0 Å². The van der Waals surface area contributed by atoms with Crippen LogP contribution in [0.3, 0.4) is 0 Å². The molecule has 0 amide bonds. The van der Waals surface area contributed by atoms with Gasteiger partial charge in [0.2, 0.25) is 0 Å². The number of anilines is 1. The molecule has 1 N–H and O–H groups in total. The first-order valence-corrected chi connectivity index (χ1v) is 5.99. The smallest absolute Gasteiger partial charge is 0.131 e. The molecule has 1 aliphatic carbocycles. The lowest BCUT2D eigenvalue weighted by Gasteiger charge is -2.62. The first kappa shape index (κ1) is 11.0. The fourth-order valence-electron chi connectivity index (χ4n) is 3.48. The van der Waals surface area contributed by atoms with Crippen molar-refractivity contribution in [3.05, 3.63) is 23.6 Å². The van der Waals surface area contributed by atoms with Crippen LogP contribution in [-0.4, -0.2) is 28.8 Å². The lowest BCUT2D eigenvalue weighted by molar-refractivity contribution is -0.126. The molecule has 0 aromatic carbocycles. The number of pyridine rings is 1. The lowest BCUT2D eigenvalue weighted by atomic mass is 9.56. The van der Waals surface area contributed by atoms with E-state index in [0.717, 1.165) is 31.7 Å². The van der Waals surface area contributed by atoms with Crippen LogP contribution < -0.4 is 4.90 Å². The van der Waals surface area contributed by atoms with Crippen LogP contribution >= 0.6 is 0 Å². The van der Waals surface area contributed by atoms with E-state index >= 15 is 0 Å². The molecular formula is C13H17FN2O. The van der Waals surface area contributed by atoms with E-state index in [2.05, 4.69) is 9.88 Å². The number of hydrogen-bond donors (Lipinski definition) is 1. The number of halogens is 1. The number of aryl methyl sites for hydroxylation is 1. The van der Waals surface area contributed by atoms with Crippen molar-refractivity contribution in [3.8, 4) is 0 Å². The summed E-state index contributed by atoms with van der Waals surface area (Å²) in [4.78, 5) is 6.43. The van der Waals surface area contributed by atoms with E-state index in [9.17, 15) is 9.50 Å². The Bertz CT molecular complexity index is 436. The lowest BCUT2D eigenvalue weighted by Crippen LogP contribution is -2.67. The minimum absolute atomic E-state index is 0.228. The van der Waals surface area contributed by atoms with Crippen molar-refractivity contribution >= 4 is 5.82 Å². The normalized spacial score (nSPS) is 24.4. The molecule has 1 saturated carbocycles. The van der Waals surface area contributed by atoms with Crippen LogP contribution in [-0.2, 0) is 0 Å². The fraction of sp³-hybridized carbons (Fsp3) is 0.615. The molecule has 0 radical (unpaired) electrons. The predicted octanol–water partition coefficient (Wildman–Crippen LogP) is 1.88. The number of hydrogen-bond acceptors (Lipinski definition) is 3. The summed E-state index contributed by atoms with van der Waals surface area (Å²) in [5, 5.41) is 9.76. The van der Waals surface area contributed by atoms with Crippen molar-refractivity contribution in [2.45, 2.75) is 32.3 Å². The Morgan fingerprint density at radius 3 is 2.53 bits per heavy atom. The van der Waals surface area contributed by atoms with Crippen molar-refractivity contribution in [1.82, 2.24) is 4.98 Å². The average molecular weight is 236 g/mol. The van der Waals surface area contributed by atoms with Crippen molar-refractivity contribution in [1.29, 1.82) is 0 Å². The molecule has 1 aromatic rings. The second-order valence-electron chi connectivity index (χ2n) is 5.99. The van der Waals surface area contributed by atoms with Crippen molar-refractivity contribution in [2.75, 3.05) is 18.0 Å². The first-order chi connectivity index (χ1) is 7.88. The Labute approximate surface area is 100 Å². The zero-order valence-corrected chi connectivity index (χ0v) is 10.2. The molecule has 1 aliphatic heterocycles. The molecule has 3 rings (SSSR count). The number of nitrogens with zero attached hydrogens (tertiary/aromatic N) is 2. The largest absolute Gasteiger partial charge is 0.390 e. The molecule has 0 atom stereocenters. The number of rotatable bonds is 1. The van der Waals surface area contributed by atoms with Gasteiger partial charge in [-0.3, -0.25) is 0 Å². The van der Waals surface area contributed by atoms with E-state index in [0.29, 0.717) is 5.69 Å². The topological polar surface area (TPSA) is 36.4 Å². The van der Waals surface area contributed by atoms with Gasteiger partial charge in [-0.05, 0) is 32.8 Å². The van der Waals surface area contributed by atoms with Gasteiger partial charge >= 0.3 is 0 Å². The Hall–Kier alpha value is -1.16. The molecule has 1 spiro atoms. The number of aliphatic hydroxyl groups is 1. The van der Waals surface area contributed by atoms with Gasteiger partial charge in [0.05, 0.1) is 5.60 Å². The Morgan fingerprint density at radius 2 is 2.00 bits per heavy atom. The highest BCUT2D eigenvalue weighted by Crippen LogP contribution is 2.54. The molecule has 2 heterocycles. The molecule has 17 heavy (non-hydrogen) atoms. The van der Waals surface area contributed by atoms with Gasteiger partial charge in [0, 0.05) is 30.3 Å².